The molecule has 2 atom stereocenters. The van der Waals surface area contributed by atoms with Crippen molar-refractivity contribution >= 4 is 23.6 Å². The van der Waals surface area contributed by atoms with Gasteiger partial charge in [0.1, 0.15) is 12.0 Å². The van der Waals surface area contributed by atoms with Gasteiger partial charge in [-0.3, -0.25) is 5.41 Å². The number of hydrogen-bond donors (Lipinski definition) is 4. The number of hydrazone groups is 1. The summed E-state index contributed by atoms with van der Waals surface area (Å²) >= 11 is 0. The lowest BCUT2D eigenvalue weighted by molar-refractivity contribution is 0.287. The third-order valence-corrected chi connectivity index (χ3v) is 3.54. The van der Waals surface area contributed by atoms with Crippen molar-refractivity contribution in [3.63, 3.8) is 0 Å². The number of anilines is 2. The van der Waals surface area contributed by atoms with Gasteiger partial charge >= 0.3 is 0 Å². The summed E-state index contributed by atoms with van der Waals surface area (Å²) in [5, 5.41) is 17.1. The molecular formula is C21H34N8. The second-order valence-corrected chi connectivity index (χ2v) is 5.33. The number of allylic oxidation sites excluding steroid dienone is 3. The van der Waals surface area contributed by atoms with Crippen LogP contribution >= 0.6 is 0 Å². The highest BCUT2D eigenvalue weighted by Gasteiger charge is 2.26. The minimum absolute atomic E-state index is 0.0863. The van der Waals surface area contributed by atoms with Crippen molar-refractivity contribution in [3.8, 4) is 12.8 Å². The fraction of sp³-hybridized carbons (Fsp3) is 0.286. The van der Waals surface area contributed by atoms with E-state index in [-0.39, 0.29) is 17.9 Å². The molecule has 7 N–H and O–H groups in total. The van der Waals surface area contributed by atoms with Gasteiger partial charge in [-0.2, -0.15) is 10.2 Å². The highest BCUT2D eigenvalue weighted by atomic mass is 15.5. The van der Waals surface area contributed by atoms with Gasteiger partial charge in [0, 0.05) is 12.1 Å². The first-order chi connectivity index (χ1) is 13.8. The van der Waals surface area contributed by atoms with Gasteiger partial charge in [0.15, 0.2) is 5.82 Å². The minimum atomic E-state index is -0.198. The van der Waals surface area contributed by atoms with Crippen LogP contribution in [0.4, 0.5) is 11.5 Å². The molecule has 0 saturated heterocycles. The van der Waals surface area contributed by atoms with Crippen molar-refractivity contribution in [2.75, 3.05) is 11.5 Å². The topological polar surface area (TPSA) is 135 Å². The van der Waals surface area contributed by atoms with Gasteiger partial charge in [-0.05, 0) is 26.0 Å². The Balaban J connectivity index is 0. The van der Waals surface area contributed by atoms with Crippen molar-refractivity contribution in [2.45, 2.75) is 33.9 Å². The predicted molar refractivity (Wildman–Crippen MR) is 126 cm³/mol. The summed E-state index contributed by atoms with van der Waals surface area (Å²) < 4.78 is 1.31. The van der Waals surface area contributed by atoms with Crippen LogP contribution in [-0.4, -0.2) is 33.0 Å². The number of nitrogen functional groups attached to an aromatic ring is 2. The maximum atomic E-state index is 7.25. The second kappa shape index (κ2) is 14.5. The molecule has 158 valence electrons. The fourth-order valence-corrected chi connectivity index (χ4v) is 2.09. The van der Waals surface area contributed by atoms with Crippen molar-refractivity contribution in [1.82, 2.24) is 14.8 Å². The third kappa shape index (κ3) is 7.52. The number of aryl methyl sites for hydroxylation is 1. The number of hydrogen-bond acceptors (Lipinski definition) is 7. The van der Waals surface area contributed by atoms with Gasteiger partial charge in [-0.15, -0.1) is 19.4 Å². The van der Waals surface area contributed by atoms with Crippen LogP contribution in [0.25, 0.3) is 0 Å². The summed E-state index contributed by atoms with van der Waals surface area (Å²) in [4.78, 5) is 0. The van der Waals surface area contributed by atoms with E-state index in [9.17, 15) is 0 Å². The molecule has 8 heteroatoms. The molecule has 1 aromatic rings. The van der Waals surface area contributed by atoms with Gasteiger partial charge in [0.25, 0.3) is 0 Å². The first kappa shape index (κ1) is 27.6. The molecule has 8 nitrogen and oxygen atoms in total. The molecule has 1 aliphatic rings. The Hall–Kier alpha value is -3.57. The molecule has 2 heterocycles. The van der Waals surface area contributed by atoms with Crippen LogP contribution in [0.3, 0.4) is 0 Å². The zero-order chi connectivity index (χ0) is 23.1. The van der Waals surface area contributed by atoms with E-state index in [2.05, 4.69) is 42.8 Å². The van der Waals surface area contributed by atoms with Gasteiger partial charge < -0.3 is 17.2 Å². The lowest BCUT2D eigenvalue weighted by Crippen LogP contribution is -2.38. The normalized spacial score (nSPS) is 16.8. The Morgan fingerprint density at radius 2 is 1.79 bits per heavy atom. The highest BCUT2D eigenvalue weighted by molar-refractivity contribution is 5.84. The predicted octanol–water partition coefficient (Wildman–Crippen LogP) is 3.11. The largest absolute Gasteiger partial charge is 0.394 e. The molecule has 0 spiro atoms. The average Bonchev–Trinajstić information content (AvgIpc) is 3.24. The van der Waals surface area contributed by atoms with Crippen LogP contribution in [0.2, 0.25) is 0 Å². The summed E-state index contributed by atoms with van der Waals surface area (Å²) in [6, 6.07) is 0. The van der Waals surface area contributed by atoms with Crippen LogP contribution in [0.5, 0.6) is 0 Å². The molecule has 0 aliphatic carbocycles. The number of aromatic nitrogens is 2. The van der Waals surface area contributed by atoms with Crippen LogP contribution in [0.1, 0.15) is 26.5 Å². The monoisotopic (exact) mass is 398 g/mol. The Bertz CT molecular complexity index is 767. The minimum Gasteiger partial charge on any atom is -0.394 e. The average molecular weight is 399 g/mol. The molecule has 29 heavy (non-hydrogen) atoms. The molecule has 0 bridgehead atoms. The summed E-state index contributed by atoms with van der Waals surface area (Å²) in [6.45, 7) is 18.4. The molecule has 0 radical (unpaired) electrons. The molecule has 1 aromatic heterocycles. The van der Waals surface area contributed by atoms with E-state index >= 15 is 0 Å². The standard InChI is InChI=1S/C11H15N3.C6H11N5.C2H6.C2H2/c1-4-7-10(6-3)14-11(12)9(5-2)8-13-14;1-3-5(8)6(9)11(10-3)4(2)7;2*1-2/h4-9,11H,1-3,12H2;7H,8-9H2,1-2H3;1-2H3;1-2H/b10-7+;;;. The molecule has 0 aromatic carbocycles. The molecule has 2 unspecified atom stereocenters. The summed E-state index contributed by atoms with van der Waals surface area (Å²) in [5.74, 6) is 0.695. The number of rotatable bonds is 4. The van der Waals surface area contributed by atoms with Gasteiger partial charge in [0.2, 0.25) is 0 Å². The second-order valence-electron chi connectivity index (χ2n) is 5.33. The molecule has 0 amide bonds. The molecule has 0 saturated carbocycles. The van der Waals surface area contributed by atoms with E-state index < -0.39 is 0 Å². The quantitative estimate of drug-likeness (QED) is 0.203. The van der Waals surface area contributed by atoms with Crippen LogP contribution in [0.15, 0.2) is 54.8 Å². The number of nitrogens with one attached hydrogen (secondary N) is 1. The number of nitrogens with zero attached hydrogens (tertiary/aromatic N) is 4. The van der Waals surface area contributed by atoms with E-state index in [1.807, 2.05) is 19.9 Å². The fourth-order valence-electron chi connectivity index (χ4n) is 2.09. The lowest BCUT2D eigenvalue weighted by atomic mass is 10.1. The van der Waals surface area contributed by atoms with Gasteiger partial charge in [0.05, 0.1) is 17.1 Å². The van der Waals surface area contributed by atoms with Gasteiger partial charge in [-0.25, -0.2) is 9.69 Å². The molecule has 2 rings (SSSR count). The summed E-state index contributed by atoms with van der Waals surface area (Å²) in [5.41, 5.74) is 19.0. The van der Waals surface area contributed by atoms with E-state index in [4.69, 9.17) is 22.6 Å². The van der Waals surface area contributed by atoms with Crippen molar-refractivity contribution in [1.29, 1.82) is 5.41 Å². The van der Waals surface area contributed by atoms with E-state index in [0.29, 0.717) is 17.2 Å². The Morgan fingerprint density at radius 1 is 1.24 bits per heavy atom. The van der Waals surface area contributed by atoms with E-state index in [1.54, 1.807) is 43.3 Å². The maximum Gasteiger partial charge on any atom is 0.152 e. The number of terminal acetylenes is 1. The Labute approximate surface area is 174 Å². The van der Waals surface area contributed by atoms with Crippen LogP contribution in [0, 0.1) is 31.1 Å². The highest BCUT2D eigenvalue weighted by Crippen LogP contribution is 2.20. The lowest BCUT2D eigenvalue weighted by Gasteiger charge is -2.23. The first-order valence-corrected chi connectivity index (χ1v) is 8.94. The smallest absolute Gasteiger partial charge is 0.152 e. The SMILES string of the molecule is C#C.C=C/C=C(\C=C)N1N=CC(C=C)C1N.CC.CC(=N)n1nc(C)c(N)c1N. The maximum absolute atomic E-state index is 7.25. The Morgan fingerprint density at radius 3 is 2.07 bits per heavy atom. The third-order valence-electron chi connectivity index (χ3n) is 3.54. The van der Waals surface area contributed by atoms with E-state index in [0.717, 1.165) is 5.70 Å². The van der Waals surface area contributed by atoms with Crippen molar-refractivity contribution < 1.29 is 0 Å². The molecular weight excluding hydrogens is 364 g/mol. The first-order valence-electron chi connectivity index (χ1n) is 8.94. The summed E-state index contributed by atoms with van der Waals surface area (Å²) in [7, 11) is 0. The summed E-state index contributed by atoms with van der Waals surface area (Å²) in [6.07, 6.45) is 16.6. The number of nitrogens with two attached hydrogens (primary N) is 3. The zero-order valence-electron chi connectivity index (χ0n) is 17.8. The molecule has 0 fully saturated rings. The van der Waals surface area contributed by atoms with Crippen molar-refractivity contribution in [2.24, 2.45) is 16.8 Å². The Kier molecular flexibility index (Phi) is 13.8. The van der Waals surface area contributed by atoms with Gasteiger partial charge in [-0.1, -0.05) is 39.2 Å². The van der Waals surface area contributed by atoms with Crippen LogP contribution < -0.4 is 17.2 Å². The zero-order valence-corrected chi connectivity index (χ0v) is 17.8. The molecule has 1 aliphatic heterocycles. The van der Waals surface area contributed by atoms with Crippen LogP contribution in [-0.2, 0) is 0 Å². The van der Waals surface area contributed by atoms with Crippen molar-refractivity contribution in [3.05, 3.63) is 55.4 Å². The van der Waals surface area contributed by atoms with E-state index in [1.165, 1.54) is 4.68 Å².